The lowest BCUT2D eigenvalue weighted by atomic mass is 9.96. The van der Waals surface area contributed by atoms with Gasteiger partial charge in [-0.3, -0.25) is 14.4 Å². The molecule has 1 aliphatic rings. The molecule has 0 aromatic heterocycles. The normalized spacial score (nSPS) is 19.0. The van der Waals surface area contributed by atoms with E-state index in [1.165, 1.54) is 12.0 Å². The van der Waals surface area contributed by atoms with E-state index in [9.17, 15) is 14.4 Å². The van der Waals surface area contributed by atoms with Gasteiger partial charge in [-0.2, -0.15) is 0 Å². The van der Waals surface area contributed by atoms with E-state index in [2.05, 4.69) is 4.74 Å². The molecule has 1 heterocycles. The fourth-order valence-corrected chi connectivity index (χ4v) is 2.31. The standard InChI is InChI=1S/C15H25NO6/c1-15(2,6-8-20-3)22-13(18)10-16-7-5-11(9-12(16)17)14(19)21-4/h11H,5-10H2,1-4H3. The van der Waals surface area contributed by atoms with Crippen LogP contribution in [-0.4, -0.2) is 62.3 Å². The highest BCUT2D eigenvalue weighted by Crippen LogP contribution is 2.20. The quantitative estimate of drug-likeness (QED) is 0.645. The molecule has 0 spiro atoms. The van der Waals surface area contributed by atoms with Gasteiger partial charge in [-0.15, -0.1) is 0 Å². The van der Waals surface area contributed by atoms with Crippen LogP contribution < -0.4 is 0 Å². The first-order valence-electron chi connectivity index (χ1n) is 7.35. The number of amides is 1. The lowest BCUT2D eigenvalue weighted by Crippen LogP contribution is -2.45. The average Bonchev–Trinajstić information content (AvgIpc) is 2.45. The van der Waals surface area contributed by atoms with Crippen molar-refractivity contribution >= 4 is 17.8 Å². The molecule has 7 nitrogen and oxygen atoms in total. The molecule has 1 aliphatic heterocycles. The minimum Gasteiger partial charge on any atom is -0.469 e. The highest BCUT2D eigenvalue weighted by molar-refractivity contribution is 5.87. The Kier molecular flexibility index (Phi) is 6.80. The maximum Gasteiger partial charge on any atom is 0.326 e. The van der Waals surface area contributed by atoms with E-state index in [1.807, 2.05) is 0 Å². The van der Waals surface area contributed by atoms with Crippen molar-refractivity contribution in [2.24, 2.45) is 5.92 Å². The van der Waals surface area contributed by atoms with Crippen molar-refractivity contribution in [2.45, 2.75) is 38.7 Å². The minimum atomic E-state index is -0.638. The van der Waals surface area contributed by atoms with E-state index in [-0.39, 0.29) is 24.8 Å². The Labute approximate surface area is 130 Å². The van der Waals surface area contributed by atoms with Crippen LogP contribution in [0.5, 0.6) is 0 Å². The van der Waals surface area contributed by atoms with Crippen LogP contribution in [-0.2, 0) is 28.6 Å². The minimum absolute atomic E-state index is 0.0764. The summed E-state index contributed by atoms with van der Waals surface area (Å²) in [5.41, 5.74) is -0.638. The van der Waals surface area contributed by atoms with Crippen LogP contribution in [0, 0.1) is 5.92 Å². The molecule has 7 heteroatoms. The summed E-state index contributed by atoms with van der Waals surface area (Å²) in [5.74, 6) is -1.47. The second kappa shape index (κ2) is 8.12. The Balaban J connectivity index is 2.46. The predicted molar refractivity (Wildman–Crippen MR) is 78.0 cm³/mol. The molecule has 1 unspecified atom stereocenters. The smallest absolute Gasteiger partial charge is 0.326 e. The second-order valence-electron chi connectivity index (χ2n) is 6.00. The number of hydrogen-bond donors (Lipinski definition) is 0. The molecular formula is C15H25NO6. The van der Waals surface area contributed by atoms with Crippen molar-refractivity contribution in [1.82, 2.24) is 4.90 Å². The number of nitrogens with zero attached hydrogens (tertiary/aromatic N) is 1. The molecule has 126 valence electrons. The zero-order valence-electron chi connectivity index (χ0n) is 13.7. The number of methoxy groups -OCH3 is 2. The van der Waals surface area contributed by atoms with Crippen molar-refractivity contribution in [3.63, 3.8) is 0 Å². The number of carbonyl (C=O) groups is 3. The molecule has 0 saturated carbocycles. The molecule has 1 saturated heterocycles. The number of carbonyl (C=O) groups excluding carboxylic acids is 3. The summed E-state index contributed by atoms with van der Waals surface area (Å²) in [6.45, 7) is 4.35. The van der Waals surface area contributed by atoms with Gasteiger partial charge in [-0.1, -0.05) is 0 Å². The van der Waals surface area contributed by atoms with Gasteiger partial charge >= 0.3 is 11.9 Å². The maximum absolute atomic E-state index is 12.0. The zero-order chi connectivity index (χ0) is 16.8. The van der Waals surface area contributed by atoms with Gasteiger partial charge in [0.15, 0.2) is 0 Å². The Bertz CT molecular complexity index is 420. The zero-order valence-corrected chi connectivity index (χ0v) is 13.7. The Morgan fingerprint density at radius 2 is 2.00 bits per heavy atom. The fraction of sp³-hybridized carbons (Fsp3) is 0.800. The van der Waals surface area contributed by atoms with Gasteiger partial charge in [-0.05, 0) is 20.3 Å². The molecular weight excluding hydrogens is 290 g/mol. The maximum atomic E-state index is 12.0. The van der Waals surface area contributed by atoms with Gasteiger partial charge in [0.25, 0.3) is 0 Å². The third-order valence-corrected chi connectivity index (χ3v) is 3.67. The second-order valence-corrected chi connectivity index (χ2v) is 6.00. The van der Waals surface area contributed by atoms with Gasteiger partial charge in [0.1, 0.15) is 12.1 Å². The average molecular weight is 315 g/mol. The summed E-state index contributed by atoms with van der Waals surface area (Å²) in [6, 6.07) is 0. The summed E-state index contributed by atoms with van der Waals surface area (Å²) in [5, 5.41) is 0. The van der Waals surface area contributed by atoms with Gasteiger partial charge in [-0.25, -0.2) is 0 Å². The molecule has 1 atom stereocenters. The van der Waals surface area contributed by atoms with Crippen molar-refractivity contribution in [1.29, 1.82) is 0 Å². The lowest BCUT2D eigenvalue weighted by Gasteiger charge is -2.31. The summed E-state index contributed by atoms with van der Waals surface area (Å²) in [6.07, 6.45) is 1.15. The number of rotatable bonds is 7. The topological polar surface area (TPSA) is 82.1 Å². The van der Waals surface area contributed by atoms with Crippen molar-refractivity contribution < 1.29 is 28.6 Å². The first-order chi connectivity index (χ1) is 10.3. The molecule has 0 aromatic rings. The summed E-state index contributed by atoms with van der Waals surface area (Å²) in [7, 11) is 2.89. The molecule has 0 aliphatic carbocycles. The fourth-order valence-electron chi connectivity index (χ4n) is 2.31. The Morgan fingerprint density at radius 1 is 1.32 bits per heavy atom. The monoisotopic (exact) mass is 315 g/mol. The van der Waals surface area contributed by atoms with Crippen molar-refractivity contribution in [3.05, 3.63) is 0 Å². The highest BCUT2D eigenvalue weighted by atomic mass is 16.6. The van der Waals surface area contributed by atoms with E-state index in [0.717, 1.165) is 0 Å². The Hall–Kier alpha value is -1.63. The number of piperidine rings is 1. The summed E-state index contributed by atoms with van der Waals surface area (Å²) < 4.78 is 15.0. The van der Waals surface area contributed by atoms with Crippen LogP contribution in [0.2, 0.25) is 0 Å². The number of likely N-dealkylation sites (tertiary alicyclic amines) is 1. The van der Waals surface area contributed by atoms with Crippen LogP contribution in [0.25, 0.3) is 0 Å². The van der Waals surface area contributed by atoms with Gasteiger partial charge in [0.2, 0.25) is 5.91 Å². The van der Waals surface area contributed by atoms with Gasteiger partial charge < -0.3 is 19.1 Å². The number of esters is 2. The first-order valence-corrected chi connectivity index (χ1v) is 7.35. The SMILES string of the molecule is COCCC(C)(C)OC(=O)CN1CCC(C(=O)OC)CC1=O. The molecule has 0 N–H and O–H groups in total. The van der Waals surface area contributed by atoms with E-state index >= 15 is 0 Å². The van der Waals surface area contributed by atoms with E-state index < -0.39 is 17.5 Å². The molecule has 1 rings (SSSR count). The van der Waals surface area contributed by atoms with E-state index in [0.29, 0.717) is 26.0 Å². The molecule has 1 fully saturated rings. The van der Waals surface area contributed by atoms with Gasteiger partial charge in [0.05, 0.1) is 13.0 Å². The van der Waals surface area contributed by atoms with Crippen LogP contribution in [0.3, 0.4) is 0 Å². The van der Waals surface area contributed by atoms with Crippen LogP contribution in [0.4, 0.5) is 0 Å². The van der Waals surface area contributed by atoms with Crippen molar-refractivity contribution in [3.8, 4) is 0 Å². The summed E-state index contributed by atoms with van der Waals surface area (Å²) in [4.78, 5) is 36.8. The predicted octanol–water partition coefficient (Wildman–Crippen LogP) is 0.756. The van der Waals surface area contributed by atoms with Crippen molar-refractivity contribution in [2.75, 3.05) is 33.9 Å². The molecule has 22 heavy (non-hydrogen) atoms. The molecule has 1 amide bonds. The molecule has 0 radical (unpaired) electrons. The van der Waals surface area contributed by atoms with E-state index in [4.69, 9.17) is 9.47 Å². The third kappa shape index (κ3) is 5.63. The molecule has 0 aromatic carbocycles. The third-order valence-electron chi connectivity index (χ3n) is 3.67. The number of hydrogen-bond acceptors (Lipinski definition) is 6. The van der Waals surface area contributed by atoms with Crippen LogP contribution >= 0.6 is 0 Å². The molecule has 0 bridgehead atoms. The summed E-state index contributed by atoms with van der Waals surface area (Å²) >= 11 is 0. The van der Waals surface area contributed by atoms with Crippen LogP contribution in [0.15, 0.2) is 0 Å². The number of ether oxygens (including phenoxy) is 3. The van der Waals surface area contributed by atoms with E-state index in [1.54, 1.807) is 21.0 Å². The largest absolute Gasteiger partial charge is 0.469 e. The first kappa shape index (κ1) is 18.4. The van der Waals surface area contributed by atoms with Gasteiger partial charge in [0, 0.05) is 33.1 Å². The Morgan fingerprint density at radius 3 is 2.55 bits per heavy atom. The van der Waals surface area contributed by atoms with Crippen LogP contribution in [0.1, 0.15) is 33.1 Å². The highest BCUT2D eigenvalue weighted by Gasteiger charge is 2.33. The lowest BCUT2D eigenvalue weighted by molar-refractivity contribution is -0.163.